The Morgan fingerprint density at radius 3 is 2.76 bits per heavy atom. The van der Waals surface area contributed by atoms with Gasteiger partial charge < -0.3 is 11.1 Å². The highest BCUT2D eigenvalue weighted by atomic mass is 15.2. The first-order valence-corrected chi connectivity index (χ1v) is 5.41. The van der Waals surface area contributed by atoms with Crippen LogP contribution in [0.4, 0.5) is 11.8 Å². The van der Waals surface area contributed by atoms with E-state index in [-0.39, 0.29) is 12.0 Å². The Labute approximate surface area is 99.9 Å². The van der Waals surface area contributed by atoms with Crippen LogP contribution in [0.5, 0.6) is 0 Å². The Hall–Kier alpha value is -2.11. The van der Waals surface area contributed by atoms with Gasteiger partial charge in [-0.05, 0) is 13.8 Å². The van der Waals surface area contributed by atoms with Gasteiger partial charge in [0.05, 0.1) is 12.2 Å². The van der Waals surface area contributed by atoms with Gasteiger partial charge in [-0.25, -0.2) is 4.98 Å². The quantitative estimate of drug-likeness (QED) is 0.833. The second-order valence-electron chi connectivity index (χ2n) is 4.07. The lowest BCUT2D eigenvalue weighted by molar-refractivity contribution is 0.765. The van der Waals surface area contributed by atoms with Crippen molar-refractivity contribution in [1.29, 1.82) is 0 Å². The molecule has 0 amide bonds. The summed E-state index contributed by atoms with van der Waals surface area (Å²) in [6, 6.07) is 1.99. The summed E-state index contributed by atoms with van der Waals surface area (Å²) in [5, 5.41) is 7.40. The molecular weight excluding hydrogens is 216 g/mol. The molecule has 0 aliphatic heterocycles. The van der Waals surface area contributed by atoms with Gasteiger partial charge in [-0.2, -0.15) is 10.1 Å². The van der Waals surface area contributed by atoms with Crippen LogP contribution in [-0.2, 0) is 7.05 Å². The number of aryl methyl sites for hydroxylation is 2. The molecule has 1 atom stereocenters. The van der Waals surface area contributed by atoms with Crippen molar-refractivity contribution < 1.29 is 0 Å². The first-order valence-electron chi connectivity index (χ1n) is 5.41. The molecule has 0 aromatic carbocycles. The van der Waals surface area contributed by atoms with Crippen LogP contribution in [0, 0.1) is 6.92 Å². The van der Waals surface area contributed by atoms with Gasteiger partial charge in [0.25, 0.3) is 0 Å². The van der Waals surface area contributed by atoms with Gasteiger partial charge in [0.15, 0.2) is 0 Å². The van der Waals surface area contributed by atoms with Crippen LogP contribution >= 0.6 is 0 Å². The van der Waals surface area contributed by atoms with Gasteiger partial charge in [0, 0.05) is 30.6 Å². The molecule has 3 N–H and O–H groups in total. The minimum Gasteiger partial charge on any atom is -0.368 e. The van der Waals surface area contributed by atoms with E-state index in [1.165, 1.54) is 0 Å². The van der Waals surface area contributed by atoms with Crippen molar-refractivity contribution in [1.82, 2.24) is 19.7 Å². The normalized spacial score (nSPS) is 12.4. The maximum atomic E-state index is 5.60. The summed E-state index contributed by atoms with van der Waals surface area (Å²) < 4.78 is 1.77. The molecule has 2 aromatic rings. The molecule has 0 spiro atoms. The Bertz CT molecular complexity index is 498. The lowest BCUT2D eigenvalue weighted by Gasteiger charge is -2.13. The molecule has 2 heterocycles. The predicted molar refractivity (Wildman–Crippen MR) is 66.4 cm³/mol. The van der Waals surface area contributed by atoms with Crippen LogP contribution in [0.15, 0.2) is 18.5 Å². The topological polar surface area (TPSA) is 81.7 Å². The van der Waals surface area contributed by atoms with Crippen molar-refractivity contribution in [3.05, 3.63) is 29.7 Å². The number of nitrogens with two attached hydrogens (primary N) is 1. The van der Waals surface area contributed by atoms with Crippen molar-refractivity contribution in [2.45, 2.75) is 19.9 Å². The van der Waals surface area contributed by atoms with E-state index in [1.54, 1.807) is 4.68 Å². The van der Waals surface area contributed by atoms with Crippen molar-refractivity contribution in [3.63, 3.8) is 0 Å². The van der Waals surface area contributed by atoms with Crippen LogP contribution in [0.25, 0.3) is 0 Å². The lowest BCUT2D eigenvalue weighted by atomic mass is 10.2. The minimum atomic E-state index is 0.123. The van der Waals surface area contributed by atoms with E-state index in [1.807, 2.05) is 39.4 Å². The fourth-order valence-corrected chi connectivity index (χ4v) is 1.63. The molecule has 0 fully saturated rings. The van der Waals surface area contributed by atoms with Crippen LogP contribution in [0.1, 0.15) is 24.2 Å². The maximum absolute atomic E-state index is 5.60. The van der Waals surface area contributed by atoms with Crippen LogP contribution < -0.4 is 11.1 Å². The zero-order valence-corrected chi connectivity index (χ0v) is 10.2. The Morgan fingerprint density at radius 2 is 2.18 bits per heavy atom. The highest BCUT2D eigenvalue weighted by Gasteiger charge is 2.08. The highest BCUT2D eigenvalue weighted by Crippen LogP contribution is 2.17. The molecule has 0 saturated heterocycles. The first kappa shape index (κ1) is 11.4. The molecule has 6 heteroatoms. The monoisotopic (exact) mass is 232 g/mol. The average Bonchev–Trinajstić information content (AvgIpc) is 2.63. The smallest absolute Gasteiger partial charge is 0.222 e. The first-order chi connectivity index (χ1) is 8.04. The molecule has 0 saturated carbocycles. The van der Waals surface area contributed by atoms with E-state index < -0.39 is 0 Å². The summed E-state index contributed by atoms with van der Waals surface area (Å²) in [5.74, 6) is 1.01. The Kier molecular flexibility index (Phi) is 2.95. The predicted octanol–water partition coefficient (Wildman–Crippen LogP) is 1.27. The van der Waals surface area contributed by atoms with E-state index in [9.17, 15) is 0 Å². The minimum absolute atomic E-state index is 0.123. The van der Waals surface area contributed by atoms with Crippen LogP contribution in [-0.4, -0.2) is 19.7 Å². The van der Waals surface area contributed by atoms with Gasteiger partial charge in [0.1, 0.15) is 5.82 Å². The molecule has 0 aliphatic carbocycles. The van der Waals surface area contributed by atoms with Gasteiger partial charge in [0.2, 0.25) is 5.95 Å². The summed E-state index contributed by atoms with van der Waals surface area (Å²) in [5.41, 5.74) is 7.54. The Morgan fingerprint density at radius 1 is 1.41 bits per heavy atom. The van der Waals surface area contributed by atoms with Crippen molar-refractivity contribution in [3.8, 4) is 0 Å². The van der Waals surface area contributed by atoms with E-state index in [4.69, 9.17) is 5.73 Å². The summed E-state index contributed by atoms with van der Waals surface area (Å²) >= 11 is 0. The van der Waals surface area contributed by atoms with E-state index in [2.05, 4.69) is 20.4 Å². The number of rotatable bonds is 3. The third kappa shape index (κ3) is 2.72. The largest absolute Gasteiger partial charge is 0.368 e. The molecule has 2 aromatic heterocycles. The summed E-state index contributed by atoms with van der Waals surface area (Å²) in [7, 11) is 1.89. The SMILES string of the molecule is Cc1cc(NC(C)c2cnn(C)c2)nc(N)n1. The average molecular weight is 232 g/mol. The lowest BCUT2D eigenvalue weighted by Crippen LogP contribution is -2.09. The number of anilines is 2. The van der Waals surface area contributed by atoms with Crippen molar-refractivity contribution in [2.75, 3.05) is 11.1 Å². The van der Waals surface area contributed by atoms with Crippen LogP contribution in [0.3, 0.4) is 0 Å². The third-order valence-electron chi connectivity index (χ3n) is 2.46. The summed E-state index contributed by atoms with van der Waals surface area (Å²) in [6.07, 6.45) is 3.80. The Balaban J connectivity index is 2.15. The number of aromatic nitrogens is 4. The molecule has 0 radical (unpaired) electrons. The number of hydrogen-bond acceptors (Lipinski definition) is 5. The fourth-order valence-electron chi connectivity index (χ4n) is 1.63. The van der Waals surface area contributed by atoms with Gasteiger partial charge in [-0.15, -0.1) is 0 Å². The van der Waals surface area contributed by atoms with Gasteiger partial charge >= 0.3 is 0 Å². The van der Waals surface area contributed by atoms with Gasteiger partial charge in [-0.1, -0.05) is 0 Å². The fraction of sp³-hybridized carbons (Fsp3) is 0.364. The standard InChI is InChI=1S/C11H16N6/c1-7-4-10(16-11(12)14-7)15-8(2)9-5-13-17(3)6-9/h4-6,8H,1-3H3,(H3,12,14,15,16). The van der Waals surface area contributed by atoms with Crippen molar-refractivity contribution in [2.24, 2.45) is 7.05 Å². The molecule has 17 heavy (non-hydrogen) atoms. The number of nitrogen functional groups attached to an aromatic ring is 1. The molecule has 1 unspecified atom stereocenters. The van der Waals surface area contributed by atoms with E-state index in [0.29, 0.717) is 0 Å². The zero-order chi connectivity index (χ0) is 12.4. The number of nitrogens with zero attached hydrogens (tertiary/aromatic N) is 4. The van der Waals surface area contributed by atoms with Gasteiger partial charge in [-0.3, -0.25) is 4.68 Å². The summed E-state index contributed by atoms with van der Waals surface area (Å²) in [6.45, 7) is 3.93. The maximum Gasteiger partial charge on any atom is 0.222 e. The number of hydrogen-bond donors (Lipinski definition) is 2. The third-order valence-corrected chi connectivity index (χ3v) is 2.46. The number of nitrogens with one attached hydrogen (secondary N) is 1. The highest BCUT2D eigenvalue weighted by molar-refractivity contribution is 5.42. The summed E-state index contributed by atoms with van der Waals surface area (Å²) in [4.78, 5) is 8.16. The van der Waals surface area contributed by atoms with E-state index >= 15 is 0 Å². The second-order valence-corrected chi connectivity index (χ2v) is 4.07. The second kappa shape index (κ2) is 4.40. The molecule has 6 nitrogen and oxygen atoms in total. The van der Waals surface area contributed by atoms with Crippen LogP contribution in [0.2, 0.25) is 0 Å². The zero-order valence-electron chi connectivity index (χ0n) is 10.2. The molecule has 90 valence electrons. The molecule has 0 aliphatic rings. The van der Waals surface area contributed by atoms with E-state index in [0.717, 1.165) is 17.1 Å². The molecule has 2 rings (SSSR count). The molecular formula is C11H16N6. The molecule has 0 bridgehead atoms. The van der Waals surface area contributed by atoms with Crippen molar-refractivity contribution >= 4 is 11.8 Å².